The van der Waals surface area contributed by atoms with E-state index in [9.17, 15) is 9.59 Å². The number of nitrogens with one attached hydrogen (secondary N) is 2. The minimum absolute atomic E-state index is 0.0227. The van der Waals surface area contributed by atoms with Crippen LogP contribution in [0.1, 0.15) is 37.0 Å². The van der Waals surface area contributed by atoms with Gasteiger partial charge in [-0.3, -0.25) is 9.59 Å². The van der Waals surface area contributed by atoms with Crippen molar-refractivity contribution in [1.29, 1.82) is 0 Å². The van der Waals surface area contributed by atoms with Crippen molar-refractivity contribution in [2.45, 2.75) is 26.7 Å². The molecule has 1 aliphatic rings. The lowest BCUT2D eigenvalue weighted by molar-refractivity contribution is -0.117. The molecule has 0 heterocycles. The van der Waals surface area contributed by atoms with E-state index in [2.05, 4.69) is 29.4 Å². The van der Waals surface area contributed by atoms with Gasteiger partial charge in [0, 0.05) is 23.7 Å². The number of amides is 2. The zero-order valence-corrected chi connectivity index (χ0v) is 17.1. The molecule has 2 amide bonds. The van der Waals surface area contributed by atoms with Gasteiger partial charge in [0.25, 0.3) is 5.91 Å². The van der Waals surface area contributed by atoms with Crippen molar-refractivity contribution in [2.24, 2.45) is 5.92 Å². The Morgan fingerprint density at radius 1 is 1.03 bits per heavy atom. The molecule has 154 valence electrons. The molecule has 1 saturated carbocycles. The Morgan fingerprint density at radius 2 is 1.79 bits per heavy atom. The lowest BCUT2D eigenvalue weighted by Gasteiger charge is -2.19. The SMILES string of the molecule is CCN(CC)CCOc1ccccc1NC(=O)c1cccc(NC(=O)C2CC2)c1. The van der Waals surface area contributed by atoms with Gasteiger partial charge in [-0.2, -0.15) is 0 Å². The van der Waals surface area contributed by atoms with Gasteiger partial charge in [0.05, 0.1) is 5.69 Å². The van der Waals surface area contributed by atoms with Gasteiger partial charge in [-0.15, -0.1) is 0 Å². The van der Waals surface area contributed by atoms with Crippen molar-refractivity contribution in [3.05, 3.63) is 54.1 Å². The fraction of sp³-hybridized carbons (Fsp3) is 0.391. The largest absolute Gasteiger partial charge is 0.490 e. The van der Waals surface area contributed by atoms with Crippen LogP contribution in [0.25, 0.3) is 0 Å². The third-order valence-corrected chi connectivity index (χ3v) is 5.04. The topological polar surface area (TPSA) is 70.7 Å². The van der Waals surface area contributed by atoms with Crippen LogP contribution in [-0.2, 0) is 4.79 Å². The minimum atomic E-state index is -0.243. The summed E-state index contributed by atoms with van der Waals surface area (Å²) in [5.41, 5.74) is 1.75. The second kappa shape index (κ2) is 10.1. The van der Waals surface area contributed by atoms with Crippen LogP contribution >= 0.6 is 0 Å². The second-order valence-electron chi connectivity index (χ2n) is 7.17. The lowest BCUT2D eigenvalue weighted by Crippen LogP contribution is -2.28. The maximum absolute atomic E-state index is 12.7. The number of hydrogen-bond donors (Lipinski definition) is 2. The fourth-order valence-corrected chi connectivity index (χ4v) is 3.04. The van der Waals surface area contributed by atoms with Gasteiger partial charge in [0.2, 0.25) is 5.91 Å². The van der Waals surface area contributed by atoms with E-state index in [0.717, 1.165) is 32.5 Å². The maximum Gasteiger partial charge on any atom is 0.255 e. The summed E-state index contributed by atoms with van der Waals surface area (Å²) in [4.78, 5) is 27.0. The molecule has 3 rings (SSSR count). The molecule has 6 heteroatoms. The summed E-state index contributed by atoms with van der Waals surface area (Å²) in [6.07, 6.45) is 1.88. The van der Waals surface area contributed by atoms with Gasteiger partial charge in [0.1, 0.15) is 12.4 Å². The first-order valence-corrected chi connectivity index (χ1v) is 10.3. The highest BCUT2D eigenvalue weighted by molar-refractivity contribution is 6.06. The van der Waals surface area contributed by atoms with Crippen molar-refractivity contribution < 1.29 is 14.3 Å². The van der Waals surface area contributed by atoms with Crippen LogP contribution in [-0.4, -0.2) is 43.0 Å². The summed E-state index contributed by atoms with van der Waals surface area (Å²) < 4.78 is 5.90. The zero-order valence-electron chi connectivity index (χ0n) is 17.1. The molecule has 0 saturated heterocycles. The van der Waals surface area contributed by atoms with Gasteiger partial charge < -0.3 is 20.3 Å². The van der Waals surface area contributed by atoms with Gasteiger partial charge in [0.15, 0.2) is 0 Å². The van der Waals surface area contributed by atoms with E-state index in [-0.39, 0.29) is 17.7 Å². The van der Waals surface area contributed by atoms with Gasteiger partial charge >= 0.3 is 0 Å². The van der Waals surface area contributed by atoms with Gasteiger partial charge in [-0.1, -0.05) is 32.0 Å². The molecule has 29 heavy (non-hydrogen) atoms. The first-order valence-electron chi connectivity index (χ1n) is 10.3. The van der Waals surface area contributed by atoms with Crippen molar-refractivity contribution in [2.75, 3.05) is 36.9 Å². The average molecular weight is 396 g/mol. The standard InChI is InChI=1S/C23H29N3O3/c1-3-26(4-2)14-15-29-21-11-6-5-10-20(21)25-23(28)18-8-7-9-19(16-18)24-22(27)17-12-13-17/h5-11,16-17H,3-4,12-15H2,1-2H3,(H,24,27)(H,25,28). The Bertz CT molecular complexity index is 845. The van der Waals surface area contributed by atoms with E-state index < -0.39 is 0 Å². The number of para-hydroxylation sites is 2. The number of hydrogen-bond acceptors (Lipinski definition) is 4. The molecule has 0 atom stereocenters. The quantitative estimate of drug-likeness (QED) is 0.638. The number of carbonyl (C=O) groups excluding carboxylic acids is 2. The number of nitrogens with zero attached hydrogens (tertiary/aromatic N) is 1. The monoisotopic (exact) mass is 395 g/mol. The molecule has 0 aliphatic heterocycles. The molecule has 0 unspecified atom stereocenters. The highest BCUT2D eigenvalue weighted by Gasteiger charge is 2.29. The van der Waals surface area contributed by atoms with Crippen LogP contribution in [0.5, 0.6) is 5.75 Å². The fourth-order valence-electron chi connectivity index (χ4n) is 3.04. The number of ether oxygens (including phenoxy) is 1. The van der Waals surface area contributed by atoms with E-state index in [1.54, 1.807) is 24.3 Å². The first-order chi connectivity index (χ1) is 14.1. The molecular formula is C23H29N3O3. The minimum Gasteiger partial charge on any atom is -0.490 e. The van der Waals surface area contributed by atoms with E-state index in [4.69, 9.17) is 4.74 Å². The average Bonchev–Trinajstić information content (AvgIpc) is 3.58. The number of benzene rings is 2. The molecule has 2 N–H and O–H groups in total. The Kier molecular flexibility index (Phi) is 7.25. The Balaban J connectivity index is 1.62. The Hall–Kier alpha value is -2.86. The molecule has 6 nitrogen and oxygen atoms in total. The predicted molar refractivity (Wildman–Crippen MR) is 115 cm³/mol. The number of rotatable bonds is 10. The molecule has 0 radical (unpaired) electrons. The molecular weight excluding hydrogens is 366 g/mol. The number of carbonyl (C=O) groups is 2. The van der Waals surface area contributed by atoms with E-state index in [1.165, 1.54) is 0 Å². The second-order valence-corrected chi connectivity index (χ2v) is 7.17. The van der Waals surface area contributed by atoms with Crippen LogP contribution in [0.4, 0.5) is 11.4 Å². The van der Waals surface area contributed by atoms with Crippen LogP contribution in [0.3, 0.4) is 0 Å². The first kappa shape index (κ1) is 20.9. The van der Waals surface area contributed by atoms with Crippen molar-refractivity contribution in [1.82, 2.24) is 4.90 Å². The number of anilines is 2. The van der Waals surface area contributed by atoms with Crippen LogP contribution in [0.15, 0.2) is 48.5 Å². The lowest BCUT2D eigenvalue weighted by atomic mass is 10.1. The highest BCUT2D eigenvalue weighted by Crippen LogP contribution is 2.30. The summed E-state index contributed by atoms with van der Waals surface area (Å²) >= 11 is 0. The maximum atomic E-state index is 12.7. The van der Waals surface area contributed by atoms with Crippen molar-refractivity contribution in [3.8, 4) is 5.75 Å². The molecule has 1 aliphatic carbocycles. The normalized spacial score (nSPS) is 13.2. The summed E-state index contributed by atoms with van der Waals surface area (Å²) in [5.74, 6) is 0.542. The van der Waals surface area contributed by atoms with Crippen LogP contribution in [0, 0.1) is 5.92 Å². The zero-order chi connectivity index (χ0) is 20.6. The highest BCUT2D eigenvalue weighted by atomic mass is 16.5. The predicted octanol–water partition coefficient (Wildman–Crippen LogP) is 4.01. The molecule has 2 aromatic rings. The van der Waals surface area contributed by atoms with Crippen LogP contribution in [0.2, 0.25) is 0 Å². The third-order valence-electron chi connectivity index (χ3n) is 5.04. The molecule has 0 bridgehead atoms. The van der Waals surface area contributed by atoms with E-state index in [1.807, 2.05) is 24.3 Å². The summed E-state index contributed by atoms with van der Waals surface area (Å²) in [6.45, 7) is 7.59. The van der Waals surface area contributed by atoms with E-state index >= 15 is 0 Å². The molecule has 0 spiro atoms. The summed E-state index contributed by atoms with van der Waals surface area (Å²) in [5, 5.41) is 5.79. The van der Waals surface area contributed by atoms with Crippen LogP contribution < -0.4 is 15.4 Å². The number of likely N-dealkylation sites (N-methyl/N-ethyl adjacent to an activating group) is 1. The summed E-state index contributed by atoms with van der Waals surface area (Å²) in [6, 6.07) is 14.4. The van der Waals surface area contributed by atoms with Gasteiger partial charge in [-0.05, 0) is 56.3 Å². The van der Waals surface area contributed by atoms with Crippen molar-refractivity contribution in [3.63, 3.8) is 0 Å². The third kappa shape index (κ3) is 6.06. The van der Waals surface area contributed by atoms with Gasteiger partial charge in [-0.25, -0.2) is 0 Å². The molecule has 2 aromatic carbocycles. The van der Waals surface area contributed by atoms with E-state index in [0.29, 0.717) is 29.3 Å². The smallest absolute Gasteiger partial charge is 0.255 e. The molecule has 0 aromatic heterocycles. The summed E-state index contributed by atoms with van der Waals surface area (Å²) in [7, 11) is 0. The Labute approximate surface area is 172 Å². The molecule has 1 fully saturated rings. The Morgan fingerprint density at radius 3 is 2.52 bits per heavy atom. The van der Waals surface area contributed by atoms with Crippen molar-refractivity contribution >= 4 is 23.2 Å².